The van der Waals surface area contributed by atoms with E-state index in [0.29, 0.717) is 16.3 Å². The fraction of sp³-hybridized carbons (Fsp3) is 0.500. The highest BCUT2D eigenvalue weighted by atomic mass is 35.5. The molecular weight excluding hydrogens is 266 g/mol. The van der Waals surface area contributed by atoms with Gasteiger partial charge in [0.05, 0.1) is 11.1 Å². The topological polar surface area (TPSA) is 58.6 Å². The van der Waals surface area contributed by atoms with E-state index in [-0.39, 0.29) is 11.9 Å². The minimum Gasteiger partial charge on any atom is -0.479 e. The van der Waals surface area contributed by atoms with Gasteiger partial charge in [-0.25, -0.2) is 0 Å². The Kier molecular flexibility index (Phi) is 5.63. The lowest BCUT2D eigenvalue weighted by Gasteiger charge is -2.17. The molecule has 5 heteroatoms. The van der Waals surface area contributed by atoms with Crippen LogP contribution in [-0.2, 0) is 4.79 Å². The first-order valence-corrected chi connectivity index (χ1v) is 6.63. The van der Waals surface area contributed by atoms with Gasteiger partial charge in [0.2, 0.25) is 0 Å². The summed E-state index contributed by atoms with van der Waals surface area (Å²) < 4.78 is 5.52. The van der Waals surface area contributed by atoms with E-state index in [1.54, 1.807) is 32.0 Å². The second-order valence-corrected chi connectivity index (χ2v) is 5.20. The second kappa shape index (κ2) is 6.78. The Morgan fingerprint density at radius 1 is 1.32 bits per heavy atom. The van der Waals surface area contributed by atoms with Crippen LogP contribution < -0.4 is 10.1 Å². The number of benzene rings is 1. The third kappa shape index (κ3) is 4.73. The van der Waals surface area contributed by atoms with Crippen LogP contribution in [0.25, 0.3) is 0 Å². The fourth-order valence-corrected chi connectivity index (χ4v) is 1.75. The molecule has 0 aromatic heterocycles. The van der Waals surface area contributed by atoms with Crippen molar-refractivity contribution in [2.45, 2.75) is 45.9 Å². The summed E-state index contributed by atoms with van der Waals surface area (Å²) >= 11 is 6.06. The lowest BCUT2D eigenvalue weighted by molar-refractivity contribution is -0.127. The maximum absolute atomic E-state index is 11.7. The molecule has 0 radical (unpaired) electrons. The van der Waals surface area contributed by atoms with Crippen LogP contribution in [0.15, 0.2) is 18.2 Å². The molecule has 2 unspecified atom stereocenters. The summed E-state index contributed by atoms with van der Waals surface area (Å²) in [5.74, 6) is 0.239. The first kappa shape index (κ1) is 15.8. The van der Waals surface area contributed by atoms with Crippen LogP contribution in [0.2, 0.25) is 5.02 Å². The Bertz CT molecular complexity index is 446. The molecule has 0 spiro atoms. The molecule has 0 aliphatic carbocycles. The second-order valence-electron chi connectivity index (χ2n) is 4.79. The molecule has 0 heterocycles. The van der Waals surface area contributed by atoms with E-state index >= 15 is 0 Å². The van der Waals surface area contributed by atoms with Gasteiger partial charge in [0.1, 0.15) is 5.75 Å². The van der Waals surface area contributed by atoms with Crippen LogP contribution in [0, 0.1) is 0 Å². The maximum atomic E-state index is 11.7. The van der Waals surface area contributed by atoms with E-state index in [2.05, 4.69) is 5.32 Å². The number of aliphatic hydroxyl groups is 1. The smallest absolute Gasteiger partial charge is 0.260 e. The SMILES string of the molecule is CC(C)NC(=O)C(C)Oc1ccc(C(C)O)cc1Cl. The molecular formula is C14H20ClNO3. The molecule has 1 aromatic rings. The molecule has 0 fully saturated rings. The molecule has 0 aliphatic rings. The van der Waals surface area contributed by atoms with Crippen molar-refractivity contribution in [3.05, 3.63) is 28.8 Å². The maximum Gasteiger partial charge on any atom is 0.260 e. The zero-order valence-corrected chi connectivity index (χ0v) is 12.4. The van der Waals surface area contributed by atoms with Crippen LogP contribution in [0.4, 0.5) is 0 Å². The quantitative estimate of drug-likeness (QED) is 0.874. The molecule has 19 heavy (non-hydrogen) atoms. The number of halogens is 1. The summed E-state index contributed by atoms with van der Waals surface area (Å²) in [6, 6.07) is 5.07. The first-order valence-electron chi connectivity index (χ1n) is 6.25. The lowest BCUT2D eigenvalue weighted by atomic mass is 10.1. The van der Waals surface area contributed by atoms with Gasteiger partial charge in [-0.15, -0.1) is 0 Å². The fourth-order valence-electron chi connectivity index (χ4n) is 1.52. The molecule has 1 aromatic carbocycles. The molecule has 106 valence electrons. The van der Waals surface area contributed by atoms with Gasteiger partial charge in [0.25, 0.3) is 5.91 Å². The van der Waals surface area contributed by atoms with Crippen molar-refractivity contribution < 1.29 is 14.6 Å². The minimum atomic E-state index is -0.628. The van der Waals surface area contributed by atoms with E-state index in [1.807, 2.05) is 13.8 Å². The third-order valence-corrected chi connectivity index (χ3v) is 2.84. The molecule has 0 saturated carbocycles. The number of ether oxygens (including phenoxy) is 1. The van der Waals surface area contributed by atoms with Crippen molar-refractivity contribution in [2.24, 2.45) is 0 Å². The van der Waals surface area contributed by atoms with Crippen molar-refractivity contribution >= 4 is 17.5 Å². The van der Waals surface area contributed by atoms with Gasteiger partial charge in [0, 0.05) is 6.04 Å². The van der Waals surface area contributed by atoms with Crippen LogP contribution in [0.1, 0.15) is 39.4 Å². The molecule has 0 saturated heterocycles. The number of amides is 1. The average Bonchev–Trinajstić information content (AvgIpc) is 2.30. The molecule has 2 N–H and O–H groups in total. The van der Waals surface area contributed by atoms with Crippen molar-refractivity contribution in [2.75, 3.05) is 0 Å². The van der Waals surface area contributed by atoms with Gasteiger partial charge in [-0.3, -0.25) is 4.79 Å². The van der Waals surface area contributed by atoms with E-state index in [4.69, 9.17) is 16.3 Å². The molecule has 1 amide bonds. The zero-order chi connectivity index (χ0) is 14.6. The van der Waals surface area contributed by atoms with E-state index < -0.39 is 12.2 Å². The number of rotatable bonds is 5. The van der Waals surface area contributed by atoms with Crippen molar-refractivity contribution in [3.8, 4) is 5.75 Å². The zero-order valence-electron chi connectivity index (χ0n) is 11.6. The largest absolute Gasteiger partial charge is 0.479 e. The van der Waals surface area contributed by atoms with Gasteiger partial charge in [-0.1, -0.05) is 17.7 Å². The van der Waals surface area contributed by atoms with Crippen LogP contribution in [0.3, 0.4) is 0 Å². The third-order valence-electron chi connectivity index (χ3n) is 2.54. The summed E-state index contributed by atoms with van der Waals surface area (Å²) in [5, 5.41) is 12.6. The average molecular weight is 286 g/mol. The van der Waals surface area contributed by atoms with Crippen LogP contribution in [-0.4, -0.2) is 23.2 Å². The predicted molar refractivity (Wildman–Crippen MR) is 75.5 cm³/mol. The van der Waals surface area contributed by atoms with Crippen molar-refractivity contribution in [1.29, 1.82) is 0 Å². The normalized spacial score (nSPS) is 14.1. The van der Waals surface area contributed by atoms with Crippen molar-refractivity contribution in [3.63, 3.8) is 0 Å². The highest BCUT2D eigenvalue weighted by molar-refractivity contribution is 6.32. The summed E-state index contributed by atoms with van der Waals surface area (Å²) in [6.07, 6.45) is -1.22. The number of hydrogen-bond donors (Lipinski definition) is 2. The summed E-state index contributed by atoms with van der Waals surface area (Å²) in [5.41, 5.74) is 0.705. The minimum absolute atomic E-state index is 0.0617. The van der Waals surface area contributed by atoms with Gasteiger partial charge in [0.15, 0.2) is 6.10 Å². The van der Waals surface area contributed by atoms with Gasteiger partial charge in [-0.2, -0.15) is 0 Å². The summed E-state index contributed by atoms with van der Waals surface area (Å²) in [7, 11) is 0. The van der Waals surface area contributed by atoms with Gasteiger partial charge >= 0.3 is 0 Å². The Balaban J connectivity index is 2.74. The van der Waals surface area contributed by atoms with Crippen LogP contribution >= 0.6 is 11.6 Å². The molecule has 1 rings (SSSR count). The standard InChI is InChI=1S/C14H20ClNO3/c1-8(2)16-14(18)10(4)19-13-6-5-11(9(3)17)7-12(13)15/h5-10,17H,1-4H3,(H,16,18). The number of nitrogens with one attached hydrogen (secondary N) is 1. The Morgan fingerprint density at radius 3 is 2.42 bits per heavy atom. The van der Waals surface area contributed by atoms with Gasteiger partial charge < -0.3 is 15.2 Å². The van der Waals surface area contributed by atoms with Gasteiger partial charge in [-0.05, 0) is 45.4 Å². The molecule has 2 atom stereocenters. The highest BCUT2D eigenvalue weighted by Gasteiger charge is 2.17. The lowest BCUT2D eigenvalue weighted by Crippen LogP contribution is -2.40. The first-order chi connectivity index (χ1) is 8.81. The summed E-state index contributed by atoms with van der Waals surface area (Å²) in [4.78, 5) is 11.7. The van der Waals surface area contributed by atoms with Crippen LogP contribution in [0.5, 0.6) is 5.75 Å². The van der Waals surface area contributed by atoms with E-state index in [0.717, 1.165) is 0 Å². The Labute approximate surface area is 118 Å². The molecule has 4 nitrogen and oxygen atoms in total. The number of carbonyl (C=O) groups is 1. The van der Waals surface area contributed by atoms with E-state index in [1.165, 1.54) is 0 Å². The monoisotopic (exact) mass is 285 g/mol. The summed E-state index contributed by atoms with van der Waals surface area (Å²) in [6.45, 7) is 7.09. The predicted octanol–water partition coefficient (Wildman–Crippen LogP) is 2.69. The number of hydrogen-bond acceptors (Lipinski definition) is 3. The Morgan fingerprint density at radius 2 is 1.95 bits per heavy atom. The number of aliphatic hydroxyl groups excluding tert-OH is 1. The van der Waals surface area contributed by atoms with E-state index in [9.17, 15) is 9.90 Å². The highest BCUT2D eigenvalue weighted by Crippen LogP contribution is 2.28. The Hall–Kier alpha value is -1.26. The molecule has 0 aliphatic heterocycles. The molecule has 0 bridgehead atoms. The van der Waals surface area contributed by atoms with Crippen molar-refractivity contribution in [1.82, 2.24) is 5.32 Å². The number of carbonyl (C=O) groups excluding carboxylic acids is 1.